The van der Waals surface area contributed by atoms with Gasteiger partial charge in [0.1, 0.15) is 29.6 Å². The van der Waals surface area contributed by atoms with Gasteiger partial charge < -0.3 is 20.7 Å². The van der Waals surface area contributed by atoms with Crippen molar-refractivity contribution in [2.45, 2.75) is 37.2 Å². The van der Waals surface area contributed by atoms with E-state index >= 15 is 4.39 Å². The number of likely N-dealkylation sites (tertiary alicyclic amines) is 1. The van der Waals surface area contributed by atoms with Crippen molar-refractivity contribution in [3.63, 3.8) is 0 Å². The molecule has 40 heavy (non-hydrogen) atoms. The van der Waals surface area contributed by atoms with E-state index in [-0.39, 0.29) is 17.9 Å². The van der Waals surface area contributed by atoms with Gasteiger partial charge in [-0.15, -0.1) is 0 Å². The van der Waals surface area contributed by atoms with Gasteiger partial charge in [0.2, 0.25) is 11.8 Å². The average Bonchev–Trinajstić information content (AvgIpc) is 3.43. The molecule has 2 aliphatic rings. The predicted octanol–water partition coefficient (Wildman–Crippen LogP) is 3.47. The monoisotopic (exact) mass is 574 g/mol. The molecular formula is C24H21F7N6O3. The van der Waals surface area contributed by atoms with E-state index < -0.39 is 95.4 Å². The Morgan fingerprint density at radius 1 is 1.18 bits per heavy atom. The number of nitrogens with one attached hydrogen (secondary N) is 1. The molecule has 2 aromatic heterocycles. The number of fused-ring (bicyclic) bond motifs is 1. The van der Waals surface area contributed by atoms with Gasteiger partial charge >= 0.3 is 6.18 Å². The quantitative estimate of drug-likeness (QED) is 0.452. The zero-order valence-corrected chi connectivity index (χ0v) is 20.6. The van der Waals surface area contributed by atoms with Crippen molar-refractivity contribution in [2.24, 2.45) is 5.92 Å². The van der Waals surface area contributed by atoms with E-state index in [1.807, 2.05) is 0 Å². The molecule has 2 amide bonds. The number of carbonyl (C=O) groups excluding carboxylic acids is 2. The number of ether oxygens (including phenoxy) is 1. The Morgan fingerprint density at radius 2 is 1.88 bits per heavy atom. The molecule has 1 saturated carbocycles. The van der Waals surface area contributed by atoms with Gasteiger partial charge in [-0.05, 0) is 12.1 Å². The minimum absolute atomic E-state index is 0.293. The Hall–Kier alpha value is -4.11. The normalized spacial score (nSPS) is 20.9. The van der Waals surface area contributed by atoms with Crippen molar-refractivity contribution in [3.05, 3.63) is 41.5 Å². The van der Waals surface area contributed by atoms with E-state index in [1.54, 1.807) is 0 Å². The molecule has 16 heteroatoms. The Labute approximate surface area is 221 Å². The van der Waals surface area contributed by atoms with Crippen LogP contribution in [0, 0.1) is 11.7 Å². The lowest BCUT2D eigenvalue weighted by molar-refractivity contribution is -0.159. The summed E-state index contributed by atoms with van der Waals surface area (Å²) >= 11 is 0. The summed E-state index contributed by atoms with van der Waals surface area (Å²) in [5.74, 6) is -7.37. The molecule has 1 aliphatic carbocycles. The predicted molar refractivity (Wildman–Crippen MR) is 125 cm³/mol. The van der Waals surface area contributed by atoms with Crippen molar-refractivity contribution < 1.29 is 45.1 Å². The standard InChI is InChI=1S/C24H21F7N6O3/c1-40-18-4-14(25)11(17-3-13(24(29,30)31)19-20(32)33-9-34-37(17)19)2-12(18)21(38)35-16-8-36(7-15(16)26)22(39)10-5-23(27,28)6-10/h2-4,9-10,15-16H,5-8H2,1H3,(H,35,38)(H2,32,33,34)/t15-,16+/m0/s1. The number of methoxy groups -OCH3 is 1. The maximum atomic E-state index is 15.1. The van der Waals surface area contributed by atoms with E-state index in [1.165, 1.54) is 0 Å². The highest BCUT2D eigenvalue weighted by molar-refractivity contribution is 5.98. The molecule has 2 atom stereocenters. The van der Waals surface area contributed by atoms with Gasteiger partial charge in [-0.25, -0.2) is 27.1 Å². The largest absolute Gasteiger partial charge is 0.496 e. The van der Waals surface area contributed by atoms with Gasteiger partial charge in [-0.3, -0.25) is 9.59 Å². The highest BCUT2D eigenvalue weighted by atomic mass is 19.4. The van der Waals surface area contributed by atoms with Crippen LogP contribution in [0.25, 0.3) is 16.8 Å². The zero-order valence-electron chi connectivity index (χ0n) is 20.6. The molecular weight excluding hydrogens is 553 g/mol. The Bertz CT molecular complexity index is 1500. The van der Waals surface area contributed by atoms with Gasteiger partial charge in [0, 0.05) is 36.9 Å². The van der Waals surface area contributed by atoms with E-state index in [0.29, 0.717) is 6.07 Å². The molecule has 0 spiro atoms. The molecule has 1 aromatic carbocycles. The second-order valence-electron chi connectivity index (χ2n) is 9.68. The fraction of sp³-hybridized carbons (Fsp3) is 0.417. The zero-order chi connectivity index (χ0) is 29.1. The number of nitrogen functional groups attached to an aromatic ring is 1. The first kappa shape index (κ1) is 27.5. The van der Waals surface area contributed by atoms with E-state index in [9.17, 15) is 35.9 Å². The van der Waals surface area contributed by atoms with Crippen LogP contribution in [0.2, 0.25) is 0 Å². The first-order chi connectivity index (χ1) is 18.7. The van der Waals surface area contributed by atoms with Gasteiger partial charge in [0.15, 0.2) is 5.82 Å². The SMILES string of the molecule is COc1cc(F)c(-c2cc(C(F)(F)F)c3c(N)ncnn23)cc1C(=O)N[C@@H]1CN(C(=O)C2CC(F)(F)C2)C[C@@H]1F. The second kappa shape index (κ2) is 9.52. The maximum absolute atomic E-state index is 15.1. The Kier molecular flexibility index (Phi) is 6.53. The van der Waals surface area contributed by atoms with E-state index in [0.717, 1.165) is 35.0 Å². The third-order valence-corrected chi connectivity index (χ3v) is 7.01. The number of alkyl halides is 6. The highest BCUT2D eigenvalue weighted by Crippen LogP contribution is 2.44. The van der Waals surface area contributed by atoms with Crippen LogP contribution in [0.15, 0.2) is 24.5 Å². The van der Waals surface area contributed by atoms with Crippen LogP contribution in [-0.4, -0.2) is 69.6 Å². The fourth-order valence-electron chi connectivity index (χ4n) is 4.99. The minimum Gasteiger partial charge on any atom is -0.496 e. The number of hydrogen-bond acceptors (Lipinski definition) is 6. The third-order valence-electron chi connectivity index (χ3n) is 7.01. The molecule has 0 radical (unpaired) electrons. The minimum atomic E-state index is -4.90. The molecule has 3 aromatic rings. The average molecular weight is 574 g/mol. The lowest BCUT2D eigenvalue weighted by Crippen LogP contribution is -2.47. The number of hydrogen-bond donors (Lipinski definition) is 2. The molecule has 1 saturated heterocycles. The summed E-state index contributed by atoms with van der Waals surface area (Å²) in [7, 11) is 1.12. The number of halogens is 7. The topological polar surface area (TPSA) is 115 Å². The number of benzene rings is 1. The Balaban J connectivity index is 1.45. The van der Waals surface area contributed by atoms with E-state index in [4.69, 9.17) is 10.5 Å². The molecule has 0 unspecified atom stereocenters. The molecule has 214 valence electrons. The van der Waals surface area contributed by atoms with Crippen LogP contribution in [-0.2, 0) is 11.0 Å². The van der Waals surface area contributed by atoms with Crippen molar-refractivity contribution in [1.29, 1.82) is 0 Å². The first-order valence-electron chi connectivity index (χ1n) is 11.9. The van der Waals surface area contributed by atoms with Crippen molar-refractivity contribution >= 4 is 23.1 Å². The lowest BCUT2D eigenvalue weighted by atomic mass is 9.80. The second-order valence-corrected chi connectivity index (χ2v) is 9.68. The first-order valence-corrected chi connectivity index (χ1v) is 11.9. The van der Waals surface area contributed by atoms with Crippen LogP contribution < -0.4 is 15.8 Å². The van der Waals surface area contributed by atoms with Gasteiger partial charge in [-0.2, -0.15) is 18.3 Å². The molecule has 3 heterocycles. The molecule has 0 bridgehead atoms. The number of nitrogens with two attached hydrogens (primary N) is 1. The third kappa shape index (κ3) is 4.75. The molecule has 2 fully saturated rings. The summed E-state index contributed by atoms with van der Waals surface area (Å²) in [5.41, 5.74) is 2.57. The number of carbonyl (C=O) groups is 2. The number of amides is 2. The van der Waals surface area contributed by atoms with Crippen LogP contribution in [0.5, 0.6) is 5.75 Å². The smallest absolute Gasteiger partial charge is 0.418 e. The van der Waals surface area contributed by atoms with Crippen molar-refractivity contribution in [1.82, 2.24) is 24.8 Å². The molecule has 5 rings (SSSR count). The molecule has 3 N–H and O–H groups in total. The van der Waals surface area contributed by atoms with Gasteiger partial charge in [0.05, 0.1) is 36.5 Å². The number of anilines is 1. The summed E-state index contributed by atoms with van der Waals surface area (Å²) < 4.78 is 103. The van der Waals surface area contributed by atoms with Gasteiger partial charge in [-0.1, -0.05) is 0 Å². The fourth-order valence-corrected chi connectivity index (χ4v) is 4.99. The molecule has 9 nitrogen and oxygen atoms in total. The summed E-state index contributed by atoms with van der Waals surface area (Å²) in [4.78, 5) is 30.2. The molecule has 1 aliphatic heterocycles. The van der Waals surface area contributed by atoms with E-state index in [2.05, 4.69) is 15.4 Å². The number of rotatable bonds is 5. The Morgan fingerprint density at radius 3 is 2.50 bits per heavy atom. The number of nitrogens with zero attached hydrogens (tertiary/aromatic N) is 4. The van der Waals surface area contributed by atoms with Crippen LogP contribution in [0.4, 0.5) is 36.6 Å². The highest BCUT2D eigenvalue weighted by Gasteiger charge is 2.51. The summed E-state index contributed by atoms with van der Waals surface area (Å²) in [5, 5.41) is 6.14. The van der Waals surface area contributed by atoms with Gasteiger partial charge in [0.25, 0.3) is 5.91 Å². The van der Waals surface area contributed by atoms with Crippen molar-refractivity contribution in [2.75, 3.05) is 25.9 Å². The van der Waals surface area contributed by atoms with Crippen LogP contribution in [0.1, 0.15) is 28.8 Å². The number of aromatic nitrogens is 3. The van der Waals surface area contributed by atoms with Crippen molar-refractivity contribution in [3.8, 4) is 17.0 Å². The maximum Gasteiger partial charge on any atom is 0.418 e. The summed E-state index contributed by atoms with van der Waals surface area (Å²) in [6.45, 7) is -0.714. The van der Waals surface area contributed by atoms with Crippen LogP contribution in [0.3, 0.4) is 0 Å². The summed E-state index contributed by atoms with van der Waals surface area (Å²) in [6.07, 6.45) is -7.02. The summed E-state index contributed by atoms with van der Waals surface area (Å²) in [6, 6.07) is 1.07. The lowest BCUT2D eigenvalue weighted by Gasteiger charge is -2.36. The van der Waals surface area contributed by atoms with Crippen LogP contribution >= 0.6 is 0 Å².